The van der Waals surface area contributed by atoms with Crippen molar-refractivity contribution in [2.24, 2.45) is 0 Å². The highest BCUT2D eigenvalue weighted by Gasteiger charge is 1.91. The fourth-order valence-corrected chi connectivity index (χ4v) is 0.983. The monoisotopic (exact) mass is 185 g/mol. The highest BCUT2D eigenvalue weighted by molar-refractivity contribution is 7.78. The molecular formula is C8H9O3S-. The smallest absolute Gasteiger partial charge is 0.150 e. The largest absolute Gasteiger partial charge is 0.770 e. The molecule has 0 aromatic heterocycles. The van der Waals surface area contributed by atoms with Crippen molar-refractivity contribution in [3.8, 4) is 5.75 Å². The lowest BCUT2D eigenvalue weighted by Crippen LogP contribution is -2.03. The molecule has 0 heterocycles. The van der Waals surface area contributed by atoms with Gasteiger partial charge in [-0.1, -0.05) is 17.7 Å². The van der Waals surface area contributed by atoms with Crippen molar-refractivity contribution >= 4 is 11.1 Å². The molecule has 1 rings (SSSR count). The van der Waals surface area contributed by atoms with Gasteiger partial charge in [0.05, 0.1) is 0 Å². The van der Waals surface area contributed by atoms with Crippen LogP contribution >= 0.6 is 0 Å². The standard InChI is InChI=1S/C8H10O3S/c1-7-2-4-8(5-3-7)11-6-12(9)10/h2-5H,6H2,1H3,(H,9,10)/p-1. The van der Waals surface area contributed by atoms with Crippen molar-refractivity contribution in [1.82, 2.24) is 0 Å². The summed E-state index contributed by atoms with van der Waals surface area (Å²) in [5, 5.41) is 0. The maximum absolute atomic E-state index is 10.1. The Balaban J connectivity index is 2.53. The number of aryl methyl sites for hydroxylation is 1. The first kappa shape index (κ1) is 9.22. The van der Waals surface area contributed by atoms with E-state index >= 15 is 0 Å². The van der Waals surface area contributed by atoms with Gasteiger partial charge in [0, 0.05) is 0 Å². The van der Waals surface area contributed by atoms with Crippen molar-refractivity contribution in [1.29, 1.82) is 0 Å². The third kappa shape index (κ3) is 3.02. The van der Waals surface area contributed by atoms with Crippen LogP contribution in [0.15, 0.2) is 24.3 Å². The molecule has 0 bridgehead atoms. The molecule has 0 spiro atoms. The number of benzene rings is 1. The fraction of sp³-hybridized carbons (Fsp3) is 0.250. The topological polar surface area (TPSA) is 49.4 Å². The van der Waals surface area contributed by atoms with E-state index in [2.05, 4.69) is 0 Å². The minimum atomic E-state index is -2.14. The fourth-order valence-electron chi connectivity index (χ4n) is 0.751. The third-order valence-corrected chi connectivity index (χ3v) is 1.65. The van der Waals surface area contributed by atoms with E-state index in [0.717, 1.165) is 5.56 Å². The second kappa shape index (κ2) is 4.23. The molecule has 4 heteroatoms. The lowest BCUT2D eigenvalue weighted by molar-refractivity contribution is 0.369. The number of ether oxygens (including phenoxy) is 1. The minimum absolute atomic E-state index is 0.289. The van der Waals surface area contributed by atoms with Crippen LogP contribution in [0.3, 0.4) is 0 Å². The number of hydrogen-bond donors (Lipinski definition) is 0. The van der Waals surface area contributed by atoms with E-state index in [1.54, 1.807) is 12.1 Å². The van der Waals surface area contributed by atoms with Crippen LogP contribution in [-0.4, -0.2) is 14.7 Å². The molecule has 0 aliphatic carbocycles. The Bertz CT molecular complexity index is 268. The highest BCUT2D eigenvalue weighted by Crippen LogP contribution is 2.10. The molecule has 0 N–H and O–H groups in total. The normalized spacial score (nSPS) is 12.5. The van der Waals surface area contributed by atoms with Crippen LogP contribution in [0.1, 0.15) is 5.56 Å². The lowest BCUT2D eigenvalue weighted by Gasteiger charge is -2.07. The molecule has 1 unspecified atom stereocenters. The zero-order chi connectivity index (χ0) is 8.97. The van der Waals surface area contributed by atoms with Crippen molar-refractivity contribution in [3.63, 3.8) is 0 Å². The molecule has 0 amide bonds. The molecule has 3 nitrogen and oxygen atoms in total. The predicted molar refractivity (Wildman–Crippen MR) is 45.6 cm³/mol. The van der Waals surface area contributed by atoms with Crippen molar-refractivity contribution in [3.05, 3.63) is 29.8 Å². The summed E-state index contributed by atoms with van der Waals surface area (Å²) in [6, 6.07) is 7.20. The van der Waals surface area contributed by atoms with Gasteiger partial charge in [-0.25, -0.2) is 0 Å². The summed E-state index contributed by atoms with van der Waals surface area (Å²) < 4.78 is 25.1. The first-order chi connectivity index (χ1) is 5.68. The van der Waals surface area contributed by atoms with Gasteiger partial charge in [0.2, 0.25) is 0 Å². The van der Waals surface area contributed by atoms with Crippen LogP contribution in [0.2, 0.25) is 0 Å². The van der Waals surface area contributed by atoms with Gasteiger partial charge < -0.3 is 9.29 Å². The van der Waals surface area contributed by atoms with E-state index in [4.69, 9.17) is 4.74 Å². The zero-order valence-corrected chi connectivity index (χ0v) is 7.47. The first-order valence-corrected chi connectivity index (χ1v) is 4.68. The molecule has 0 saturated heterocycles. The molecule has 1 atom stereocenters. The first-order valence-electron chi connectivity index (χ1n) is 3.44. The Morgan fingerprint density at radius 3 is 2.50 bits per heavy atom. The summed E-state index contributed by atoms with van der Waals surface area (Å²) in [7, 11) is 0. The molecular weight excluding hydrogens is 176 g/mol. The van der Waals surface area contributed by atoms with Gasteiger partial charge in [-0.2, -0.15) is 0 Å². The summed E-state index contributed by atoms with van der Waals surface area (Å²) in [5.41, 5.74) is 1.12. The second-order valence-corrected chi connectivity index (χ2v) is 3.22. The highest BCUT2D eigenvalue weighted by atomic mass is 32.2. The van der Waals surface area contributed by atoms with E-state index in [1.165, 1.54) is 0 Å². The van der Waals surface area contributed by atoms with Gasteiger partial charge in [-0.05, 0) is 30.1 Å². The van der Waals surface area contributed by atoms with Crippen LogP contribution in [0, 0.1) is 6.92 Å². The molecule has 1 aromatic carbocycles. The molecule has 1 aromatic rings. The van der Waals surface area contributed by atoms with Crippen LogP contribution in [0.4, 0.5) is 0 Å². The number of hydrogen-bond acceptors (Lipinski definition) is 3. The van der Waals surface area contributed by atoms with Gasteiger partial charge in [-0.15, -0.1) is 0 Å². The Morgan fingerprint density at radius 1 is 1.42 bits per heavy atom. The van der Waals surface area contributed by atoms with Crippen LogP contribution in [-0.2, 0) is 11.1 Å². The van der Waals surface area contributed by atoms with Crippen molar-refractivity contribution in [2.45, 2.75) is 6.92 Å². The van der Waals surface area contributed by atoms with Gasteiger partial charge in [0.15, 0.2) is 0 Å². The average molecular weight is 185 g/mol. The van der Waals surface area contributed by atoms with Crippen molar-refractivity contribution < 1.29 is 13.5 Å². The van der Waals surface area contributed by atoms with Crippen molar-refractivity contribution in [2.75, 3.05) is 5.94 Å². The lowest BCUT2D eigenvalue weighted by atomic mass is 10.2. The summed E-state index contributed by atoms with van der Waals surface area (Å²) in [6.45, 7) is 1.95. The van der Waals surface area contributed by atoms with Gasteiger partial charge >= 0.3 is 0 Å². The molecule has 12 heavy (non-hydrogen) atoms. The van der Waals surface area contributed by atoms with Crippen LogP contribution in [0.25, 0.3) is 0 Å². The summed E-state index contributed by atoms with van der Waals surface area (Å²) in [4.78, 5) is 0. The molecule has 0 fully saturated rings. The Labute approximate surface area is 73.7 Å². The Morgan fingerprint density at radius 2 is 2.00 bits per heavy atom. The zero-order valence-electron chi connectivity index (χ0n) is 6.65. The van der Waals surface area contributed by atoms with Crippen LogP contribution < -0.4 is 4.74 Å². The van der Waals surface area contributed by atoms with Crippen LogP contribution in [0.5, 0.6) is 5.75 Å². The molecule has 0 aliphatic heterocycles. The summed E-state index contributed by atoms with van der Waals surface area (Å²) in [6.07, 6.45) is 0. The maximum Gasteiger partial charge on any atom is 0.150 e. The van der Waals surface area contributed by atoms with E-state index in [0.29, 0.717) is 5.75 Å². The van der Waals surface area contributed by atoms with E-state index in [9.17, 15) is 8.76 Å². The van der Waals surface area contributed by atoms with Gasteiger partial charge in [-0.3, -0.25) is 4.21 Å². The number of rotatable bonds is 3. The Kier molecular flexibility index (Phi) is 3.25. The van der Waals surface area contributed by atoms with E-state index in [1.807, 2.05) is 19.1 Å². The maximum atomic E-state index is 10.1. The third-order valence-electron chi connectivity index (χ3n) is 1.34. The average Bonchev–Trinajstić information content (AvgIpc) is 2.03. The van der Waals surface area contributed by atoms with Gasteiger partial charge in [0.25, 0.3) is 0 Å². The predicted octanol–water partition coefficient (Wildman–Crippen LogP) is 1.21. The molecule has 0 saturated carbocycles. The van der Waals surface area contributed by atoms with Gasteiger partial charge in [0.1, 0.15) is 11.7 Å². The quantitative estimate of drug-likeness (QED) is 0.665. The Hall–Kier alpha value is -0.870. The summed E-state index contributed by atoms with van der Waals surface area (Å²) in [5.74, 6) is 0.285. The molecule has 0 radical (unpaired) electrons. The summed E-state index contributed by atoms with van der Waals surface area (Å²) >= 11 is -2.14. The SMILES string of the molecule is Cc1ccc(OCS(=O)[O-])cc1. The second-order valence-electron chi connectivity index (χ2n) is 2.38. The molecule has 66 valence electrons. The van der Waals surface area contributed by atoms with E-state index < -0.39 is 11.1 Å². The molecule has 0 aliphatic rings. The van der Waals surface area contributed by atoms with E-state index in [-0.39, 0.29) is 5.94 Å². The minimum Gasteiger partial charge on any atom is -0.770 e.